The van der Waals surface area contributed by atoms with E-state index in [0.717, 1.165) is 44.7 Å². The van der Waals surface area contributed by atoms with E-state index < -0.39 is 0 Å². The van der Waals surface area contributed by atoms with Gasteiger partial charge >= 0.3 is 0 Å². The van der Waals surface area contributed by atoms with Crippen LogP contribution >= 0.6 is 24.0 Å². The van der Waals surface area contributed by atoms with E-state index in [-0.39, 0.29) is 24.0 Å². The van der Waals surface area contributed by atoms with Gasteiger partial charge in [-0.3, -0.25) is 9.89 Å². The molecule has 1 atom stereocenters. The Balaban J connectivity index is 0.00000225. The van der Waals surface area contributed by atoms with Crippen LogP contribution in [0.4, 0.5) is 5.69 Å². The number of nitrogens with zero attached hydrogens (tertiary/aromatic N) is 4. The number of rotatable bonds is 5. The Morgan fingerprint density at radius 2 is 1.84 bits per heavy atom. The van der Waals surface area contributed by atoms with Crippen molar-refractivity contribution in [2.45, 2.75) is 31.8 Å². The van der Waals surface area contributed by atoms with Gasteiger partial charge in [-0.05, 0) is 38.9 Å². The summed E-state index contributed by atoms with van der Waals surface area (Å²) >= 11 is 0. The summed E-state index contributed by atoms with van der Waals surface area (Å²) < 4.78 is 0. The van der Waals surface area contributed by atoms with Crippen molar-refractivity contribution in [1.29, 1.82) is 0 Å². The lowest BCUT2D eigenvalue weighted by atomic mass is 10.2. The van der Waals surface area contributed by atoms with Gasteiger partial charge in [-0.15, -0.1) is 24.0 Å². The minimum absolute atomic E-state index is 0. The van der Waals surface area contributed by atoms with Gasteiger partial charge < -0.3 is 15.1 Å². The average Bonchev–Trinajstić information content (AvgIpc) is 3.48. The Labute approximate surface area is 169 Å². The van der Waals surface area contributed by atoms with Gasteiger partial charge in [0.1, 0.15) is 0 Å². The lowest BCUT2D eigenvalue weighted by molar-refractivity contribution is 0.245. The summed E-state index contributed by atoms with van der Waals surface area (Å²) in [5, 5.41) is 3.57. The molecule has 0 radical (unpaired) electrons. The second-order valence-electron chi connectivity index (χ2n) is 6.98. The highest BCUT2D eigenvalue weighted by Crippen LogP contribution is 2.26. The molecule has 1 aromatic rings. The summed E-state index contributed by atoms with van der Waals surface area (Å²) in [5.74, 6) is 1.04. The lowest BCUT2D eigenvalue weighted by Gasteiger charge is -2.38. The van der Waals surface area contributed by atoms with Gasteiger partial charge in [0.25, 0.3) is 0 Å². The normalized spacial score (nSPS) is 19.6. The second kappa shape index (κ2) is 9.62. The molecule has 0 bridgehead atoms. The molecule has 1 aromatic carbocycles. The molecule has 2 fully saturated rings. The van der Waals surface area contributed by atoms with Gasteiger partial charge in [0.15, 0.2) is 5.96 Å². The summed E-state index contributed by atoms with van der Waals surface area (Å²) in [7, 11) is 4.13. The van der Waals surface area contributed by atoms with Crippen molar-refractivity contribution >= 4 is 35.6 Å². The minimum atomic E-state index is 0. The third kappa shape index (κ3) is 5.48. The highest BCUT2D eigenvalue weighted by molar-refractivity contribution is 14.0. The smallest absolute Gasteiger partial charge is 0.193 e. The first-order valence-electron chi connectivity index (χ1n) is 9.16. The van der Waals surface area contributed by atoms with E-state index in [0.29, 0.717) is 6.04 Å². The molecule has 140 valence electrons. The minimum Gasteiger partial charge on any atom is -0.368 e. The fraction of sp³-hybridized carbons (Fsp3) is 0.632. The van der Waals surface area contributed by atoms with E-state index in [1.807, 2.05) is 7.05 Å². The number of hydrogen-bond donors (Lipinski definition) is 1. The van der Waals surface area contributed by atoms with E-state index in [9.17, 15) is 0 Å². The SMILES string of the molecule is CN=C(NCC(C)N(C)C1CC1)N1CCN(c2ccccc2)CC1.I. The van der Waals surface area contributed by atoms with Crippen LogP contribution in [0.2, 0.25) is 0 Å². The summed E-state index contributed by atoms with van der Waals surface area (Å²) in [6.45, 7) is 7.37. The van der Waals surface area contributed by atoms with E-state index in [4.69, 9.17) is 0 Å². The third-order valence-corrected chi connectivity index (χ3v) is 5.29. The monoisotopic (exact) mass is 457 g/mol. The van der Waals surface area contributed by atoms with Crippen molar-refractivity contribution in [2.75, 3.05) is 51.7 Å². The van der Waals surface area contributed by atoms with Gasteiger partial charge in [0.05, 0.1) is 0 Å². The Morgan fingerprint density at radius 3 is 2.40 bits per heavy atom. The topological polar surface area (TPSA) is 34.1 Å². The quantitative estimate of drug-likeness (QED) is 0.419. The third-order valence-electron chi connectivity index (χ3n) is 5.29. The van der Waals surface area contributed by atoms with Crippen LogP contribution in [0.1, 0.15) is 19.8 Å². The standard InChI is InChI=1S/C19H31N5.HI/c1-16(22(3)17-9-10-17)15-21-19(20-2)24-13-11-23(12-14-24)18-7-5-4-6-8-18;/h4-8,16-17H,9-15H2,1-3H3,(H,20,21);1H. The average molecular weight is 457 g/mol. The maximum Gasteiger partial charge on any atom is 0.193 e. The summed E-state index contributed by atoms with van der Waals surface area (Å²) in [4.78, 5) is 11.8. The molecular weight excluding hydrogens is 425 g/mol. The van der Waals surface area contributed by atoms with Crippen molar-refractivity contribution < 1.29 is 0 Å². The number of aliphatic imine (C=N–C) groups is 1. The first kappa shape index (κ1) is 20.3. The van der Waals surface area contributed by atoms with E-state index in [1.165, 1.54) is 18.5 Å². The summed E-state index contributed by atoms with van der Waals surface area (Å²) in [6, 6.07) is 12.0. The molecule has 1 aliphatic heterocycles. The zero-order chi connectivity index (χ0) is 16.9. The van der Waals surface area contributed by atoms with Crippen LogP contribution in [0, 0.1) is 0 Å². The van der Waals surface area contributed by atoms with Crippen LogP contribution in [-0.2, 0) is 0 Å². The van der Waals surface area contributed by atoms with Crippen LogP contribution in [0.25, 0.3) is 0 Å². The van der Waals surface area contributed by atoms with E-state index in [2.05, 4.69) is 69.3 Å². The molecule has 0 aromatic heterocycles. The van der Waals surface area contributed by atoms with Crippen molar-refractivity contribution in [3.8, 4) is 0 Å². The maximum absolute atomic E-state index is 4.50. The Hall–Kier alpha value is -1.02. The fourth-order valence-corrected chi connectivity index (χ4v) is 3.37. The number of anilines is 1. The molecular formula is C19H32IN5. The van der Waals surface area contributed by atoms with Crippen molar-refractivity contribution in [3.05, 3.63) is 30.3 Å². The molecule has 1 unspecified atom stereocenters. The Morgan fingerprint density at radius 1 is 1.20 bits per heavy atom. The predicted octanol–water partition coefficient (Wildman–Crippen LogP) is 2.48. The van der Waals surface area contributed by atoms with Crippen molar-refractivity contribution in [3.63, 3.8) is 0 Å². The van der Waals surface area contributed by atoms with Gasteiger partial charge in [-0.1, -0.05) is 18.2 Å². The molecule has 1 aliphatic carbocycles. The zero-order valence-corrected chi connectivity index (χ0v) is 18.0. The van der Waals surface area contributed by atoms with Crippen molar-refractivity contribution in [1.82, 2.24) is 15.1 Å². The van der Waals surface area contributed by atoms with E-state index in [1.54, 1.807) is 0 Å². The van der Waals surface area contributed by atoms with Gasteiger partial charge in [0, 0.05) is 57.5 Å². The molecule has 2 aliphatic rings. The Kier molecular flexibility index (Phi) is 7.81. The van der Waals surface area contributed by atoms with Crippen LogP contribution in [0.15, 0.2) is 35.3 Å². The molecule has 6 heteroatoms. The lowest BCUT2D eigenvalue weighted by Crippen LogP contribution is -2.54. The molecule has 1 N–H and O–H groups in total. The largest absolute Gasteiger partial charge is 0.368 e. The number of halogens is 1. The number of piperazine rings is 1. The zero-order valence-electron chi connectivity index (χ0n) is 15.7. The first-order valence-corrected chi connectivity index (χ1v) is 9.16. The molecule has 0 amide bonds. The highest BCUT2D eigenvalue weighted by atomic mass is 127. The molecule has 1 saturated carbocycles. The van der Waals surface area contributed by atoms with Gasteiger partial charge in [0.2, 0.25) is 0 Å². The number of guanidine groups is 1. The van der Waals surface area contributed by atoms with Crippen molar-refractivity contribution in [2.24, 2.45) is 4.99 Å². The van der Waals surface area contributed by atoms with Crippen LogP contribution in [-0.4, -0.2) is 74.7 Å². The van der Waals surface area contributed by atoms with Crippen LogP contribution < -0.4 is 10.2 Å². The maximum atomic E-state index is 4.50. The second-order valence-corrected chi connectivity index (χ2v) is 6.98. The predicted molar refractivity (Wildman–Crippen MR) is 117 cm³/mol. The highest BCUT2D eigenvalue weighted by Gasteiger charge is 2.29. The fourth-order valence-electron chi connectivity index (χ4n) is 3.37. The molecule has 0 spiro atoms. The number of para-hydroxylation sites is 1. The number of benzene rings is 1. The molecule has 5 nitrogen and oxygen atoms in total. The summed E-state index contributed by atoms with van der Waals surface area (Å²) in [5.41, 5.74) is 1.32. The van der Waals surface area contributed by atoms with E-state index >= 15 is 0 Å². The van der Waals surface area contributed by atoms with Gasteiger partial charge in [-0.25, -0.2) is 0 Å². The first-order chi connectivity index (χ1) is 11.7. The molecule has 1 saturated heterocycles. The molecule has 25 heavy (non-hydrogen) atoms. The Bertz CT molecular complexity index is 538. The number of nitrogens with one attached hydrogen (secondary N) is 1. The van der Waals surface area contributed by atoms with Crippen LogP contribution in [0.5, 0.6) is 0 Å². The number of likely N-dealkylation sites (N-methyl/N-ethyl adjacent to an activating group) is 1. The number of hydrogen-bond acceptors (Lipinski definition) is 3. The van der Waals surface area contributed by atoms with Gasteiger partial charge in [-0.2, -0.15) is 0 Å². The molecule has 3 rings (SSSR count). The summed E-state index contributed by atoms with van der Waals surface area (Å²) in [6.07, 6.45) is 2.72. The molecule has 1 heterocycles. The van der Waals surface area contributed by atoms with Crippen LogP contribution in [0.3, 0.4) is 0 Å².